The minimum Gasteiger partial charge on any atom is -0.508 e. The Bertz CT molecular complexity index is 722. The number of aryl methyl sites for hydroxylation is 1. The maximum atomic E-state index is 11.8. The van der Waals surface area contributed by atoms with E-state index < -0.39 is 0 Å². The summed E-state index contributed by atoms with van der Waals surface area (Å²) >= 11 is 1.53. The predicted octanol–water partition coefficient (Wildman–Crippen LogP) is 3.94. The normalized spacial score (nSPS) is 13.2. The average molecular weight is 300 g/mol. The van der Waals surface area contributed by atoms with Crippen LogP contribution in [0, 0.1) is 0 Å². The van der Waals surface area contributed by atoms with Gasteiger partial charge in [-0.05, 0) is 36.6 Å². The van der Waals surface area contributed by atoms with Crippen LogP contribution < -0.4 is 0 Å². The molecule has 0 saturated heterocycles. The van der Waals surface area contributed by atoms with Crippen molar-refractivity contribution in [2.45, 2.75) is 36.0 Å². The molecule has 0 bridgehead atoms. The van der Waals surface area contributed by atoms with Crippen LogP contribution in [0.15, 0.2) is 40.1 Å². The number of hydrogen-bond acceptors (Lipinski definition) is 4. The van der Waals surface area contributed by atoms with Gasteiger partial charge in [-0.3, -0.25) is 4.79 Å². The minimum atomic E-state index is 0.0694. The van der Waals surface area contributed by atoms with Gasteiger partial charge in [0.05, 0.1) is 0 Å². The van der Waals surface area contributed by atoms with E-state index in [0.29, 0.717) is 12.8 Å². The third-order valence-electron chi connectivity index (χ3n) is 3.74. The summed E-state index contributed by atoms with van der Waals surface area (Å²) in [6.45, 7) is 1.86. The highest BCUT2D eigenvalue weighted by Gasteiger charge is 2.19. The largest absolute Gasteiger partial charge is 0.508 e. The summed E-state index contributed by atoms with van der Waals surface area (Å²) in [6.07, 6.45) is 1.98. The van der Waals surface area contributed by atoms with Crippen LogP contribution in [0.25, 0.3) is 0 Å². The van der Waals surface area contributed by atoms with Gasteiger partial charge in [-0.15, -0.1) is 0 Å². The second-order valence-corrected chi connectivity index (χ2v) is 6.23. The fourth-order valence-electron chi connectivity index (χ4n) is 2.59. The lowest BCUT2D eigenvalue weighted by molar-refractivity contribution is 0.0988. The van der Waals surface area contributed by atoms with Gasteiger partial charge >= 0.3 is 0 Å². The van der Waals surface area contributed by atoms with E-state index in [9.17, 15) is 15.0 Å². The Hall–Kier alpha value is -1.94. The fourth-order valence-corrected chi connectivity index (χ4v) is 3.76. The molecule has 0 radical (unpaired) electrons. The first kappa shape index (κ1) is 14.0. The van der Waals surface area contributed by atoms with Crippen molar-refractivity contribution in [3.8, 4) is 11.5 Å². The summed E-state index contributed by atoms with van der Waals surface area (Å²) in [6, 6.07) is 8.82. The van der Waals surface area contributed by atoms with Crippen molar-refractivity contribution in [1.82, 2.24) is 0 Å². The second-order valence-electron chi connectivity index (χ2n) is 5.14. The molecule has 108 valence electrons. The van der Waals surface area contributed by atoms with E-state index >= 15 is 0 Å². The van der Waals surface area contributed by atoms with Gasteiger partial charge in [0.1, 0.15) is 11.5 Å². The monoisotopic (exact) mass is 300 g/mol. The molecule has 0 spiro atoms. The van der Waals surface area contributed by atoms with Crippen LogP contribution in [-0.4, -0.2) is 16.0 Å². The predicted molar refractivity (Wildman–Crippen MR) is 82.4 cm³/mol. The number of ketones is 1. The molecule has 2 N–H and O–H groups in total. The van der Waals surface area contributed by atoms with Crippen LogP contribution >= 0.6 is 11.8 Å². The van der Waals surface area contributed by atoms with Crippen molar-refractivity contribution >= 4 is 17.5 Å². The van der Waals surface area contributed by atoms with Gasteiger partial charge in [-0.25, -0.2) is 0 Å². The molecule has 0 fully saturated rings. The number of carbonyl (C=O) groups excluding carboxylic acids is 1. The van der Waals surface area contributed by atoms with Gasteiger partial charge in [-0.1, -0.05) is 24.8 Å². The van der Waals surface area contributed by atoms with E-state index in [4.69, 9.17) is 0 Å². The molecule has 1 heterocycles. The molecular weight excluding hydrogens is 284 g/mol. The van der Waals surface area contributed by atoms with Crippen molar-refractivity contribution in [3.63, 3.8) is 0 Å². The lowest BCUT2D eigenvalue weighted by Crippen LogP contribution is -1.99. The Kier molecular flexibility index (Phi) is 3.64. The zero-order valence-corrected chi connectivity index (χ0v) is 12.5. The van der Waals surface area contributed by atoms with E-state index in [1.165, 1.54) is 17.8 Å². The molecule has 3 nitrogen and oxygen atoms in total. The van der Waals surface area contributed by atoms with Crippen LogP contribution in [0.2, 0.25) is 0 Å². The fraction of sp³-hybridized carbons (Fsp3) is 0.235. The third-order valence-corrected chi connectivity index (χ3v) is 4.94. The summed E-state index contributed by atoms with van der Waals surface area (Å²) in [5.41, 5.74) is 2.72. The SMILES string of the molecule is CCC(=O)c1ccc2c(c1)CCc1c(O)cc(O)cc1S2. The molecule has 0 saturated carbocycles. The summed E-state index contributed by atoms with van der Waals surface area (Å²) in [4.78, 5) is 13.8. The number of aromatic hydroxyl groups is 2. The number of fused-ring (bicyclic) bond motifs is 2. The maximum absolute atomic E-state index is 11.8. The molecule has 2 aromatic carbocycles. The van der Waals surface area contributed by atoms with E-state index in [1.54, 1.807) is 6.07 Å². The van der Waals surface area contributed by atoms with Gasteiger partial charge in [0, 0.05) is 33.4 Å². The zero-order chi connectivity index (χ0) is 15.0. The molecule has 0 amide bonds. The van der Waals surface area contributed by atoms with Crippen LogP contribution in [0.1, 0.15) is 34.8 Å². The Morgan fingerprint density at radius 1 is 1.14 bits per heavy atom. The van der Waals surface area contributed by atoms with E-state index in [-0.39, 0.29) is 17.3 Å². The van der Waals surface area contributed by atoms with Crippen molar-refractivity contribution in [3.05, 3.63) is 47.0 Å². The second kappa shape index (κ2) is 5.45. The molecule has 0 aromatic heterocycles. The molecule has 3 rings (SSSR count). The summed E-state index contributed by atoms with van der Waals surface area (Å²) in [5, 5.41) is 19.6. The first-order chi connectivity index (χ1) is 10.1. The summed E-state index contributed by atoms with van der Waals surface area (Å²) < 4.78 is 0. The Balaban J connectivity index is 2.03. The number of benzene rings is 2. The molecule has 1 aliphatic rings. The lowest BCUT2D eigenvalue weighted by atomic mass is 10.00. The molecular formula is C17H16O3S. The van der Waals surface area contributed by atoms with E-state index in [0.717, 1.165) is 32.9 Å². The lowest BCUT2D eigenvalue weighted by Gasteiger charge is -2.08. The maximum Gasteiger partial charge on any atom is 0.162 e. The topological polar surface area (TPSA) is 57.5 Å². The van der Waals surface area contributed by atoms with Gasteiger partial charge in [0.15, 0.2) is 5.78 Å². The van der Waals surface area contributed by atoms with Crippen LogP contribution in [0.4, 0.5) is 0 Å². The van der Waals surface area contributed by atoms with Gasteiger partial charge in [-0.2, -0.15) is 0 Å². The van der Waals surface area contributed by atoms with Crippen LogP contribution in [-0.2, 0) is 12.8 Å². The third kappa shape index (κ3) is 2.63. The number of phenols is 2. The van der Waals surface area contributed by atoms with Gasteiger partial charge in [0.25, 0.3) is 0 Å². The standard InChI is InChI=1S/C17H16O3S/c1-2-14(19)10-4-6-16-11(7-10)3-5-13-15(20)8-12(18)9-17(13)21-16/h4,6-9,18,20H,2-3,5H2,1H3. The van der Waals surface area contributed by atoms with Gasteiger partial charge in [0.2, 0.25) is 0 Å². The Morgan fingerprint density at radius 3 is 2.71 bits per heavy atom. The van der Waals surface area contributed by atoms with Crippen molar-refractivity contribution in [2.75, 3.05) is 0 Å². The number of carbonyl (C=O) groups is 1. The zero-order valence-electron chi connectivity index (χ0n) is 11.7. The first-order valence-electron chi connectivity index (χ1n) is 6.97. The summed E-state index contributed by atoms with van der Waals surface area (Å²) in [5.74, 6) is 0.347. The molecule has 0 aliphatic carbocycles. The molecule has 4 heteroatoms. The Labute approximate surface area is 127 Å². The molecule has 21 heavy (non-hydrogen) atoms. The minimum absolute atomic E-state index is 0.0694. The van der Waals surface area contributed by atoms with Crippen molar-refractivity contribution in [2.24, 2.45) is 0 Å². The smallest absolute Gasteiger partial charge is 0.162 e. The highest BCUT2D eigenvalue weighted by molar-refractivity contribution is 7.99. The van der Waals surface area contributed by atoms with Gasteiger partial charge < -0.3 is 10.2 Å². The quantitative estimate of drug-likeness (QED) is 0.825. The first-order valence-corrected chi connectivity index (χ1v) is 7.79. The average Bonchev–Trinajstić information content (AvgIpc) is 2.64. The Morgan fingerprint density at radius 2 is 1.95 bits per heavy atom. The van der Waals surface area contributed by atoms with Crippen molar-refractivity contribution < 1.29 is 15.0 Å². The number of rotatable bonds is 2. The number of phenolic OH excluding ortho intramolecular Hbond substituents is 2. The highest BCUT2D eigenvalue weighted by atomic mass is 32.2. The summed E-state index contributed by atoms with van der Waals surface area (Å²) in [7, 11) is 0. The highest BCUT2D eigenvalue weighted by Crippen LogP contribution is 2.42. The van der Waals surface area contributed by atoms with E-state index in [2.05, 4.69) is 0 Å². The van der Waals surface area contributed by atoms with E-state index in [1.807, 2.05) is 25.1 Å². The van der Waals surface area contributed by atoms with Crippen molar-refractivity contribution in [1.29, 1.82) is 0 Å². The van der Waals surface area contributed by atoms with Crippen LogP contribution in [0.5, 0.6) is 11.5 Å². The molecule has 0 unspecified atom stereocenters. The number of Topliss-reactive ketones (excluding diaryl/α,β-unsaturated/α-hetero) is 1. The number of hydrogen-bond donors (Lipinski definition) is 2. The van der Waals surface area contributed by atoms with Crippen LogP contribution in [0.3, 0.4) is 0 Å². The molecule has 0 atom stereocenters. The molecule has 2 aromatic rings. The molecule has 1 aliphatic heterocycles.